The molecule has 0 bridgehead atoms. The number of carboxylic acid groups (broad SMARTS) is 1. The summed E-state index contributed by atoms with van der Waals surface area (Å²) in [5.74, 6) is -0.264. The normalized spacial score (nSPS) is 10.5. The fourth-order valence-electron chi connectivity index (χ4n) is 2.17. The first-order valence-electron chi connectivity index (χ1n) is 6.53. The van der Waals surface area contributed by atoms with Gasteiger partial charge in [-0.15, -0.1) is 0 Å². The number of nitrogens with zero attached hydrogens (tertiary/aromatic N) is 3. The van der Waals surface area contributed by atoms with Crippen LogP contribution in [0.25, 0.3) is 11.4 Å². The van der Waals surface area contributed by atoms with Gasteiger partial charge in [-0.1, -0.05) is 12.1 Å². The van der Waals surface area contributed by atoms with Crippen LogP contribution in [0.2, 0.25) is 0 Å². The summed E-state index contributed by atoms with van der Waals surface area (Å²) in [7, 11) is 0. The van der Waals surface area contributed by atoms with Crippen molar-refractivity contribution < 1.29 is 9.90 Å². The van der Waals surface area contributed by atoms with Gasteiger partial charge in [0.2, 0.25) is 0 Å². The number of nitrogens with one attached hydrogen (secondary N) is 1. The number of aromatic amines is 1. The topological polar surface area (TPSA) is 83.8 Å². The first-order chi connectivity index (χ1) is 10.6. The molecule has 0 spiro atoms. The summed E-state index contributed by atoms with van der Waals surface area (Å²) in [6.07, 6.45) is 3.37. The van der Waals surface area contributed by atoms with Gasteiger partial charge in [0, 0.05) is 18.0 Å². The highest BCUT2D eigenvalue weighted by Crippen LogP contribution is 2.18. The van der Waals surface area contributed by atoms with Gasteiger partial charge in [-0.3, -0.25) is 14.6 Å². The van der Waals surface area contributed by atoms with Crippen LogP contribution in [0.3, 0.4) is 0 Å². The molecular weight excluding hydrogens is 300 g/mol. The van der Waals surface area contributed by atoms with Crippen molar-refractivity contribution in [2.75, 3.05) is 0 Å². The molecule has 3 rings (SSSR count). The second-order valence-electron chi connectivity index (χ2n) is 4.68. The predicted molar refractivity (Wildman–Crippen MR) is 83.1 cm³/mol. The van der Waals surface area contributed by atoms with Gasteiger partial charge in [-0.25, -0.2) is 4.79 Å². The van der Waals surface area contributed by atoms with Crippen LogP contribution < -0.4 is 0 Å². The summed E-state index contributed by atoms with van der Waals surface area (Å²) in [5.41, 5.74) is 1.97. The first kappa shape index (κ1) is 14.2. The molecule has 0 saturated carbocycles. The maximum atomic E-state index is 11.1. The fraction of sp³-hybridized carbons (Fsp3) is 0.0667. The monoisotopic (exact) mass is 312 g/mol. The summed E-state index contributed by atoms with van der Waals surface area (Å²) in [4.78, 5) is 15.0. The van der Waals surface area contributed by atoms with Crippen LogP contribution in [0, 0.1) is 4.77 Å². The van der Waals surface area contributed by atoms with E-state index in [1.807, 2.05) is 22.8 Å². The zero-order chi connectivity index (χ0) is 15.5. The minimum atomic E-state index is -0.952. The maximum Gasteiger partial charge on any atom is 0.335 e. The Kier molecular flexibility index (Phi) is 3.80. The molecule has 2 N–H and O–H groups in total. The van der Waals surface area contributed by atoms with Gasteiger partial charge in [-0.05, 0) is 42.0 Å². The van der Waals surface area contributed by atoms with Crippen LogP contribution in [0.1, 0.15) is 15.9 Å². The molecule has 0 saturated heterocycles. The van der Waals surface area contributed by atoms with Crippen LogP contribution in [0.5, 0.6) is 0 Å². The molecule has 1 aromatic carbocycles. The van der Waals surface area contributed by atoms with E-state index in [9.17, 15) is 4.79 Å². The summed E-state index contributed by atoms with van der Waals surface area (Å²) >= 11 is 5.27. The zero-order valence-electron chi connectivity index (χ0n) is 11.4. The predicted octanol–water partition coefficient (Wildman–Crippen LogP) is 2.75. The Morgan fingerprint density at radius 1 is 1.27 bits per heavy atom. The molecule has 0 aliphatic heterocycles. The molecule has 6 nitrogen and oxygen atoms in total. The number of hydrogen-bond acceptors (Lipinski definition) is 4. The lowest BCUT2D eigenvalue weighted by Gasteiger charge is -2.07. The Bertz CT molecular complexity index is 871. The van der Waals surface area contributed by atoms with E-state index in [-0.39, 0.29) is 5.56 Å². The first-order valence-corrected chi connectivity index (χ1v) is 6.94. The molecule has 0 amide bonds. The van der Waals surface area contributed by atoms with Crippen molar-refractivity contribution in [3.05, 3.63) is 64.7 Å². The molecule has 0 aliphatic rings. The lowest BCUT2D eigenvalue weighted by molar-refractivity contribution is 0.0696. The van der Waals surface area contributed by atoms with E-state index in [4.69, 9.17) is 17.3 Å². The Morgan fingerprint density at radius 2 is 2.05 bits per heavy atom. The van der Waals surface area contributed by atoms with Crippen molar-refractivity contribution in [2.24, 2.45) is 0 Å². The van der Waals surface area contributed by atoms with Crippen molar-refractivity contribution in [2.45, 2.75) is 6.54 Å². The number of carboxylic acids is 1. The second kappa shape index (κ2) is 5.90. The van der Waals surface area contributed by atoms with Crippen LogP contribution in [0.15, 0.2) is 48.8 Å². The number of pyridine rings is 1. The lowest BCUT2D eigenvalue weighted by Crippen LogP contribution is -2.04. The zero-order valence-corrected chi connectivity index (χ0v) is 12.2. The Balaban J connectivity index is 2.00. The third-order valence-corrected chi connectivity index (χ3v) is 3.52. The molecule has 22 heavy (non-hydrogen) atoms. The molecule has 0 fully saturated rings. The number of H-pyrrole nitrogens is 1. The molecule has 0 radical (unpaired) electrons. The largest absolute Gasteiger partial charge is 0.478 e. The van der Waals surface area contributed by atoms with Crippen molar-refractivity contribution in [3.63, 3.8) is 0 Å². The van der Waals surface area contributed by atoms with E-state index in [0.717, 1.165) is 11.1 Å². The minimum Gasteiger partial charge on any atom is -0.478 e. The van der Waals surface area contributed by atoms with E-state index in [2.05, 4.69) is 15.2 Å². The summed E-state index contributed by atoms with van der Waals surface area (Å²) in [5, 5.41) is 16.1. The standard InChI is InChI=1S/C15H12N4O2S/c20-14(21)12-3-1-2-10(8-12)9-19-13(17-18-15(19)22)11-4-6-16-7-5-11/h1-8H,9H2,(H,18,22)(H,20,21). The maximum absolute atomic E-state index is 11.1. The number of hydrogen-bond donors (Lipinski definition) is 2. The van der Waals surface area contributed by atoms with Crippen LogP contribution in [0.4, 0.5) is 0 Å². The fourth-order valence-corrected chi connectivity index (χ4v) is 2.37. The van der Waals surface area contributed by atoms with E-state index in [1.54, 1.807) is 30.6 Å². The average Bonchev–Trinajstić information content (AvgIpc) is 2.89. The van der Waals surface area contributed by atoms with Crippen molar-refractivity contribution in [1.29, 1.82) is 0 Å². The van der Waals surface area contributed by atoms with Crippen LogP contribution >= 0.6 is 12.2 Å². The lowest BCUT2D eigenvalue weighted by atomic mass is 10.1. The highest BCUT2D eigenvalue weighted by Gasteiger charge is 2.10. The highest BCUT2D eigenvalue weighted by molar-refractivity contribution is 7.71. The Labute approximate surface area is 131 Å². The molecular formula is C15H12N4O2S. The van der Waals surface area contributed by atoms with Crippen molar-refractivity contribution >= 4 is 18.2 Å². The van der Waals surface area contributed by atoms with Gasteiger partial charge in [0.25, 0.3) is 0 Å². The number of carbonyl (C=O) groups is 1. The summed E-state index contributed by atoms with van der Waals surface area (Å²) < 4.78 is 2.30. The molecule has 0 atom stereocenters. The van der Waals surface area contributed by atoms with Gasteiger partial charge in [0.1, 0.15) is 0 Å². The number of aromatic carboxylic acids is 1. The van der Waals surface area contributed by atoms with Crippen LogP contribution in [-0.4, -0.2) is 30.8 Å². The summed E-state index contributed by atoms with van der Waals surface area (Å²) in [6.45, 7) is 0.439. The Morgan fingerprint density at radius 3 is 2.77 bits per heavy atom. The quantitative estimate of drug-likeness (QED) is 0.724. The smallest absolute Gasteiger partial charge is 0.335 e. The molecule has 7 heteroatoms. The number of rotatable bonds is 4. The molecule has 0 unspecified atom stereocenters. The van der Waals surface area contributed by atoms with E-state index >= 15 is 0 Å². The number of aromatic nitrogens is 4. The molecule has 2 heterocycles. The van der Waals surface area contributed by atoms with E-state index in [0.29, 0.717) is 17.1 Å². The van der Waals surface area contributed by atoms with Gasteiger partial charge in [-0.2, -0.15) is 5.10 Å². The van der Waals surface area contributed by atoms with Gasteiger partial charge < -0.3 is 5.11 Å². The minimum absolute atomic E-state index is 0.248. The van der Waals surface area contributed by atoms with Gasteiger partial charge in [0.15, 0.2) is 10.6 Å². The molecule has 110 valence electrons. The highest BCUT2D eigenvalue weighted by atomic mass is 32.1. The van der Waals surface area contributed by atoms with Gasteiger partial charge >= 0.3 is 5.97 Å². The Hall–Kier alpha value is -2.80. The third-order valence-electron chi connectivity index (χ3n) is 3.21. The van der Waals surface area contributed by atoms with Crippen molar-refractivity contribution in [1.82, 2.24) is 19.7 Å². The summed E-state index contributed by atoms with van der Waals surface area (Å²) in [6, 6.07) is 10.5. The average molecular weight is 312 g/mol. The van der Waals surface area contributed by atoms with Gasteiger partial charge in [0.05, 0.1) is 12.1 Å². The van der Waals surface area contributed by atoms with E-state index in [1.165, 1.54) is 0 Å². The van der Waals surface area contributed by atoms with E-state index < -0.39 is 5.97 Å². The SMILES string of the molecule is O=C(O)c1cccc(Cn2c(-c3ccncc3)n[nH]c2=S)c1. The molecule has 2 aromatic heterocycles. The molecule has 0 aliphatic carbocycles. The molecule has 3 aromatic rings. The van der Waals surface area contributed by atoms with Crippen molar-refractivity contribution in [3.8, 4) is 11.4 Å². The third kappa shape index (κ3) is 2.79. The second-order valence-corrected chi connectivity index (χ2v) is 5.07. The number of benzene rings is 1. The van der Waals surface area contributed by atoms with Crippen LogP contribution in [-0.2, 0) is 6.54 Å².